The minimum atomic E-state index is -2.98. The highest BCUT2D eigenvalue weighted by atomic mass is 19.3. The maximum Gasteiger partial charge on any atom is 0.267 e. The third kappa shape index (κ3) is 6.18. The first kappa shape index (κ1) is 24.4. The van der Waals surface area contributed by atoms with Gasteiger partial charge in [0, 0.05) is 0 Å². The van der Waals surface area contributed by atoms with Crippen LogP contribution in [0, 0.1) is 29.5 Å². The molecule has 0 amide bonds. The molecule has 2 saturated carbocycles. The van der Waals surface area contributed by atoms with E-state index in [1.807, 2.05) is 0 Å². The molecule has 31 heavy (non-hydrogen) atoms. The Morgan fingerprint density at radius 3 is 2.03 bits per heavy atom. The fourth-order valence-electron chi connectivity index (χ4n) is 6.06. The molecule has 0 aromatic heterocycles. The molecule has 2 aliphatic carbocycles. The van der Waals surface area contributed by atoms with Gasteiger partial charge in [-0.2, -0.15) is 0 Å². The number of ether oxygens (including phenoxy) is 1. The summed E-state index contributed by atoms with van der Waals surface area (Å²) in [5.74, 6) is 1.62. The van der Waals surface area contributed by atoms with Gasteiger partial charge in [-0.15, -0.1) is 0 Å². The molecule has 1 aromatic rings. The Morgan fingerprint density at radius 1 is 0.935 bits per heavy atom. The summed E-state index contributed by atoms with van der Waals surface area (Å²) in [6, 6.07) is 2.76. The second-order valence-corrected chi connectivity index (χ2v) is 9.72. The van der Waals surface area contributed by atoms with Crippen molar-refractivity contribution < 1.29 is 23.0 Å². The number of alkyl halides is 2. The van der Waals surface area contributed by atoms with Crippen molar-refractivity contribution in [2.75, 3.05) is 6.61 Å². The van der Waals surface area contributed by atoms with Crippen LogP contribution in [0.3, 0.4) is 0 Å². The highest BCUT2D eigenvalue weighted by Crippen LogP contribution is 2.44. The quantitative estimate of drug-likeness (QED) is 0.421. The molecule has 1 atom stereocenters. The van der Waals surface area contributed by atoms with Crippen molar-refractivity contribution >= 4 is 0 Å². The maximum absolute atomic E-state index is 14.5. The predicted molar refractivity (Wildman–Crippen MR) is 118 cm³/mol. The van der Waals surface area contributed by atoms with E-state index in [2.05, 4.69) is 6.92 Å². The van der Waals surface area contributed by atoms with E-state index in [1.54, 1.807) is 6.92 Å². The Hall–Kier alpha value is -1.23. The van der Waals surface area contributed by atoms with E-state index in [0.29, 0.717) is 12.3 Å². The van der Waals surface area contributed by atoms with Crippen LogP contribution in [0.1, 0.15) is 108 Å². The van der Waals surface area contributed by atoms with E-state index >= 15 is 0 Å². The third-order valence-corrected chi connectivity index (χ3v) is 7.76. The van der Waals surface area contributed by atoms with Crippen LogP contribution in [0.25, 0.3) is 0 Å². The first-order valence-corrected chi connectivity index (χ1v) is 12.4. The molecule has 1 aromatic carbocycles. The lowest BCUT2D eigenvalue weighted by Crippen LogP contribution is -2.26. The van der Waals surface area contributed by atoms with Gasteiger partial charge in [0.25, 0.3) is 6.43 Å². The van der Waals surface area contributed by atoms with Crippen LogP contribution in [0.2, 0.25) is 0 Å². The molecule has 2 aliphatic rings. The van der Waals surface area contributed by atoms with Crippen molar-refractivity contribution in [3.63, 3.8) is 0 Å². The van der Waals surface area contributed by atoms with Gasteiger partial charge in [0.15, 0.2) is 11.6 Å². The van der Waals surface area contributed by atoms with E-state index < -0.39 is 23.9 Å². The zero-order valence-electron chi connectivity index (χ0n) is 19.1. The first-order valence-electron chi connectivity index (χ1n) is 12.4. The smallest absolute Gasteiger partial charge is 0.267 e. The van der Waals surface area contributed by atoms with Crippen molar-refractivity contribution in [2.45, 2.75) is 97.0 Å². The van der Waals surface area contributed by atoms with E-state index in [9.17, 15) is 18.3 Å². The second kappa shape index (κ2) is 11.6. The number of halogens is 3. The molecule has 0 aliphatic heterocycles. The second-order valence-electron chi connectivity index (χ2n) is 9.72. The van der Waals surface area contributed by atoms with Crippen LogP contribution in [-0.2, 0) is 0 Å². The Morgan fingerprint density at radius 2 is 1.52 bits per heavy atom. The van der Waals surface area contributed by atoms with Gasteiger partial charge < -0.3 is 9.84 Å². The van der Waals surface area contributed by atoms with Crippen LogP contribution in [-0.4, -0.2) is 11.7 Å². The Bertz CT molecular complexity index is 677. The van der Waals surface area contributed by atoms with Gasteiger partial charge in [0.05, 0.1) is 18.3 Å². The summed E-state index contributed by atoms with van der Waals surface area (Å²) in [6.45, 7) is 4.15. The highest BCUT2D eigenvalue weighted by molar-refractivity contribution is 5.39. The largest absolute Gasteiger partial charge is 0.491 e. The molecule has 176 valence electrons. The summed E-state index contributed by atoms with van der Waals surface area (Å²) in [5.41, 5.74) is -0.705. The average Bonchev–Trinajstić information content (AvgIpc) is 2.76. The summed E-state index contributed by atoms with van der Waals surface area (Å²) < 4.78 is 46.8. The van der Waals surface area contributed by atoms with E-state index in [4.69, 9.17) is 4.74 Å². The molecule has 0 bridgehead atoms. The summed E-state index contributed by atoms with van der Waals surface area (Å²) >= 11 is 0. The molecule has 5 heteroatoms. The van der Waals surface area contributed by atoms with E-state index in [1.165, 1.54) is 63.5 Å². The van der Waals surface area contributed by atoms with Gasteiger partial charge >= 0.3 is 0 Å². The fourth-order valence-corrected chi connectivity index (χ4v) is 6.06. The molecule has 3 rings (SSSR count). The van der Waals surface area contributed by atoms with Gasteiger partial charge in [-0.3, -0.25) is 0 Å². The van der Waals surface area contributed by atoms with Crippen LogP contribution in [0.4, 0.5) is 13.2 Å². The molecule has 1 N–H and O–H groups in total. The van der Waals surface area contributed by atoms with Gasteiger partial charge in [-0.1, -0.05) is 51.5 Å². The topological polar surface area (TPSA) is 29.5 Å². The first-order chi connectivity index (χ1) is 14.9. The molecular weight excluding hydrogens is 401 g/mol. The van der Waals surface area contributed by atoms with Crippen molar-refractivity contribution in [3.8, 4) is 5.75 Å². The zero-order valence-corrected chi connectivity index (χ0v) is 19.1. The molecule has 2 fully saturated rings. The average molecular weight is 441 g/mol. The van der Waals surface area contributed by atoms with Crippen molar-refractivity contribution in [1.82, 2.24) is 0 Å². The minimum Gasteiger partial charge on any atom is -0.491 e. The Kier molecular flexibility index (Phi) is 9.12. The van der Waals surface area contributed by atoms with Crippen LogP contribution >= 0.6 is 0 Å². The van der Waals surface area contributed by atoms with Crippen molar-refractivity contribution in [3.05, 3.63) is 29.1 Å². The van der Waals surface area contributed by atoms with Gasteiger partial charge in [-0.25, -0.2) is 13.2 Å². The molecule has 0 saturated heterocycles. The fraction of sp³-hybridized carbons (Fsp3) is 0.769. The summed E-state index contributed by atoms with van der Waals surface area (Å²) in [7, 11) is 0. The number of rotatable bonds is 9. The normalized spacial score (nSPS) is 28.0. The van der Waals surface area contributed by atoms with Gasteiger partial charge in [0.2, 0.25) is 0 Å². The van der Waals surface area contributed by atoms with Gasteiger partial charge in [0.1, 0.15) is 0 Å². The molecular formula is C26H39F3O2. The summed E-state index contributed by atoms with van der Waals surface area (Å²) in [5, 5.41) is 10.7. The highest BCUT2D eigenvalue weighted by Gasteiger charge is 2.32. The predicted octanol–water partition coefficient (Wildman–Crippen LogP) is 8.00. The number of aliphatic hydroxyl groups excluding tert-OH is 1. The SMILES string of the molecule is CCCC1CCC(C2CCC(CC(O)c3ccc(OCC)c(F)c3C(F)F)CC2)CC1. The minimum absolute atomic E-state index is 0.00678. The lowest BCUT2D eigenvalue weighted by molar-refractivity contribution is 0.0938. The molecule has 1 unspecified atom stereocenters. The van der Waals surface area contributed by atoms with Crippen molar-refractivity contribution in [1.29, 1.82) is 0 Å². The zero-order chi connectivity index (χ0) is 22.4. The maximum atomic E-state index is 14.5. The summed E-state index contributed by atoms with van der Waals surface area (Å²) in [6.07, 6.45) is 8.86. The van der Waals surface area contributed by atoms with Crippen LogP contribution in [0.15, 0.2) is 12.1 Å². The Balaban J connectivity index is 1.54. The van der Waals surface area contributed by atoms with Crippen LogP contribution < -0.4 is 4.74 Å². The number of hydrogen-bond acceptors (Lipinski definition) is 2. The Labute approximate surface area is 185 Å². The number of aliphatic hydroxyl groups is 1. The molecule has 0 heterocycles. The third-order valence-electron chi connectivity index (χ3n) is 7.76. The van der Waals surface area contributed by atoms with Crippen molar-refractivity contribution in [2.24, 2.45) is 23.7 Å². The lowest BCUT2D eigenvalue weighted by Gasteiger charge is -2.38. The lowest BCUT2D eigenvalue weighted by atomic mass is 9.68. The molecule has 2 nitrogen and oxygen atoms in total. The van der Waals surface area contributed by atoms with E-state index in [0.717, 1.165) is 30.6 Å². The number of hydrogen-bond donors (Lipinski definition) is 1. The van der Waals surface area contributed by atoms with Gasteiger partial charge in [-0.05, 0) is 74.3 Å². The van der Waals surface area contributed by atoms with Crippen LogP contribution in [0.5, 0.6) is 5.75 Å². The monoisotopic (exact) mass is 440 g/mol. The molecule has 0 radical (unpaired) electrons. The number of benzene rings is 1. The summed E-state index contributed by atoms with van der Waals surface area (Å²) in [4.78, 5) is 0. The standard InChI is InChI=1S/C26H39F3O2/c1-3-5-17-6-10-19(11-7-17)20-12-8-18(9-13-20)16-22(30)21-14-15-23(31-4-2)25(27)24(21)26(28)29/h14-15,17-20,22,26,30H,3-13,16H2,1-2H3. The van der Waals surface area contributed by atoms with E-state index in [-0.39, 0.29) is 17.9 Å². The molecule has 0 spiro atoms.